The van der Waals surface area contributed by atoms with Gasteiger partial charge < -0.3 is 16.0 Å². The summed E-state index contributed by atoms with van der Waals surface area (Å²) in [6, 6.07) is 6.43. The largest absolute Gasteiger partial charge is 0.352 e. The molecule has 1 spiro atoms. The number of hydrogen-bond acceptors (Lipinski definition) is 4. The standard InChI is InChI=1S/C19H24N4O4/c1-2-20-16(25)14-7-5-6-13(10-14)11-21-15(24)12-23-17(26)19(22-18(23)27)8-3-4-9-19/h5-7,10H,2-4,8-9,11-12H2,1H3,(H,20,25)(H,21,24)(H,22,27). The summed E-state index contributed by atoms with van der Waals surface area (Å²) in [5, 5.41) is 8.17. The number of urea groups is 1. The molecule has 2 aliphatic rings. The molecule has 1 heterocycles. The third kappa shape index (κ3) is 3.94. The van der Waals surface area contributed by atoms with Crippen molar-refractivity contribution in [3.8, 4) is 0 Å². The molecule has 5 amide bonds. The number of nitrogens with one attached hydrogen (secondary N) is 3. The van der Waals surface area contributed by atoms with Crippen molar-refractivity contribution in [3.63, 3.8) is 0 Å². The predicted molar refractivity (Wildman–Crippen MR) is 97.7 cm³/mol. The van der Waals surface area contributed by atoms with Gasteiger partial charge >= 0.3 is 6.03 Å². The van der Waals surface area contributed by atoms with Crippen LogP contribution in [-0.2, 0) is 16.1 Å². The van der Waals surface area contributed by atoms with Crippen LogP contribution in [0.5, 0.6) is 0 Å². The topological polar surface area (TPSA) is 108 Å². The van der Waals surface area contributed by atoms with E-state index < -0.39 is 17.5 Å². The summed E-state index contributed by atoms with van der Waals surface area (Å²) in [5.41, 5.74) is 0.468. The lowest BCUT2D eigenvalue weighted by atomic mass is 9.98. The van der Waals surface area contributed by atoms with E-state index in [0.717, 1.165) is 23.3 Å². The fourth-order valence-corrected chi connectivity index (χ4v) is 3.62. The van der Waals surface area contributed by atoms with Crippen LogP contribution in [0, 0.1) is 0 Å². The number of nitrogens with zero attached hydrogens (tertiary/aromatic N) is 1. The van der Waals surface area contributed by atoms with Gasteiger partial charge in [0.15, 0.2) is 0 Å². The number of benzene rings is 1. The molecular weight excluding hydrogens is 348 g/mol. The molecule has 0 radical (unpaired) electrons. The van der Waals surface area contributed by atoms with Gasteiger partial charge in [-0.05, 0) is 37.5 Å². The Morgan fingerprint density at radius 3 is 2.63 bits per heavy atom. The zero-order chi connectivity index (χ0) is 19.4. The minimum atomic E-state index is -0.807. The van der Waals surface area contributed by atoms with Gasteiger partial charge in [0.2, 0.25) is 5.91 Å². The van der Waals surface area contributed by atoms with E-state index in [9.17, 15) is 19.2 Å². The van der Waals surface area contributed by atoms with Crippen LogP contribution >= 0.6 is 0 Å². The molecule has 27 heavy (non-hydrogen) atoms. The Hall–Kier alpha value is -2.90. The van der Waals surface area contributed by atoms with Crippen LogP contribution in [0.3, 0.4) is 0 Å². The van der Waals surface area contributed by atoms with Crippen molar-refractivity contribution >= 4 is 23.8 Å². The molecule has 1 saturated carbocycles. The van der Waals surface area contributed by atoms with Crippen molar-refractivity contribution in [2.75, 3.05) is 13.1 Å². The first kappa shape index (κ1) is 18.9. The molecule has 8 heteroatoms. The Morgan fingerprint density at radius 1 is 1.19 bits per heavy atom. The molecule has 1 saturated heterocycles. The van der Waals surface area contributed by atoms with Crippen LogP contribution in [-0.4, -0.2) is 47.3 Å². The summed E-state index contributed by atoms with van der Waals surface area (Å²) in [6.45, 7) is 2.28. The van der Waals surface area contributed by atoms with Crippen molar-refractivity contribution in [1.29, 1.82) is 0 Å². The molecule has 8 nitrogen and oxygen atoms in total. The first-order valence-electron chi connectivity index (χ1n) is 9.23. The summed E-state index contributed by atoms with van der Waals surface area (Å²) in [6.07, 6.45) is 3.05. The van der Waals surface area contributed by atoms with Gasteiger partial charge in [0, 0.05) is 18.7 Å². The zero-order valence-electron chi connectivity index (χ0n) is 15.3. The Labute approximate surface area is 157 Å². The van der Waals surface area contributed by atoms with Gasteiger partial charge in [-0.3, -0.25) is 19.3 Å². The number of rotatable bonds is 6. The summed E-state index contributed by atoms with van der Waals surface area (Å²) >= 11 is 0. The summed E-state index contributed by atoms with van der Waals surface area (Å²) in [4.78, 5) is 49.7. The molecule has 1 aromatic rings. The minimum absolute atomic E-state index is 0.174. The monoisotopic (exact) mass is 372 g/mol. The van der Waals surface area contributed by atoms with Gasteiger partial charge in [0.25, 0.3) is 11.8 Å². The lowest BCUT2D eigenvalue weighted by Gasteiger charge is -2.19. The van der Waals surface area contributed by atoms with E-state index in [2.05, 4.69) is 16.0 Å². The number of carbonyl (C=O) groups is 4. The Bertz CT molecular complexity index is 771. The molecule has 0 aromatic heterocycles. The van der Waals surface area contributed by atoms with E-state index in [1.807, 2.05) is 6.92 Å². The van der Waals surface area contributed by atoms with Crippen LogP contribution < -0.4 is 16.0 Å². The molecular formula is C19H24N4O4. The van der Waals surface area contributed by atoms with Gasteiger partial charge in [-0.2, -0.15) is 0 Å². The first-order valence-corrected chi connectivity index (χ1v) is 9.23. The third-order valence-corrected chi connectivity index (χ3v) is 5.02. The van der Waals surface area contributed by atoms with E-state index in [0.29, 0.717) is 24.9 Å². The maximum Gasteiger partial charge on any atom is 0.325 e. The van der Waals surface area contributed by atoms with E-state index >= 15 is 0 Å². The van der Waals surface area contributed by atoms with Gasteiger partial charge in [0.05, 0.1) is 0 Å². The molecule has 1 aliphatic carbocycles. The van der Waals surface area contributed by atoms with Gasteiger partial charge in [-0.1, -0.05) is 25.0 Å². The van der Waals surface area contributed by atoms with Crippen molar-refractivity contribution in [2.24, 2.45) is 0 Å². The second-order valence-corrected chi connectivity index (χ2v) is 6.95. The normalized spacial score (nSPS) is 17.9. The highest BCUT2D eigenvalue weighted by Gasteiger charge is 2.52. The van der Waals surface area contributed by atoms with Crippen LogP contribution in [0.1, 0.15) is 48.5 Å². The SMILES string of the molecule is CCNC(=O)c1cccc(CNC(=O)CN2C(=O)NC3(CCCC3)C2=O)c1. The van der Waals surface area contributed by atoms with Crippen LogP contribution in [0.4, 0.5) is 4.79 Å². The molecule has 0 atom stereocenters. The molecule has 0 unspecified atom stereocenters. The first-order chi connectivity index (χ1) is 12.9. The molecule has 3 rings (SSSR count). The molecule has 1 aliphatic heterocycles. The highest BCUT2D eigenvalue weighted by atomic mass is 16.2. The number of carbonyl (C=O) groups excluding carboxylic acids is 4. The smallest absolute Gasteiger partial charge is 0.325 e. The summed E-state index contributed by atoms with van der Waals surface area (Å²) in [7, 11) is 0. The molecule has 0 bridgehead atoms. The average molecular weight is 372 g/mol. The summed E-state index contributed by atoms with van der Waals surface area (Å²) < 4.78 is 0. The van der Waals surface area contributed by atoms with Crippen LogP contribution in [0.15, 0.2) is 24.3 Å². The van der Waals surface area contributed by atoms with Crippen LogP contribution in [0.25, 0.3) is 0 Å². The van der Waals surface area contributed by atoms with Crippen molar-refractivity contribution in [3.05, 3.63) is 35.4 Å². The second-order valence-electron chi connectivity index (χ2n) is 6.95. The Kier molecular flexibility index (Phi) is 5.43. The van der Waals surface area contributed by atoms with Crippen LogP contribution in [0.2, 0.25) is 0 Å². The number of amides is 5. The lowest BCUT2D eigenvalue weighted by molar-refractivity contribution is -0.134. The molecule has 2 fully saturated rings. The van der Waals surface area contributed by atoms with E-state index in [-0.39, 0.29) is 24.9 Å². The molecule has 1 aromatic carbocycles. The Balaban J connectivity index is 1.56. The van der Waals surface area contributed by atoms with E-state index in [1.54, 1.807) is 24.3 Å². The summed E-state index contributed by atoms with van der Waals surface area (Å²) in [5.74, 6) is -0.901. The maximum atomic E-state index is 12.5. The number of hydrogen-bond donors (Lipinski definition) is 3. The minimum Gasteiger partial charge on any atom is -0.352 e. The van der Waals surface area contributed by atoms with Crippen molar-refractivity contribution in [1.82, 2.24) is 20.9 Å². The zero-order valence-corrected chi connectivity index (χ0v) is 15.3. The maximum absolute atomic E-state index is 12.5. The molecule has 3 N–H and O–H groups in total. The van der Waals surface area contributed by atoms with Gasteiger partial charge in [-0.15, -0.1) is 0 Å². The fourth-order valence-electron chi connectivity index (χ4n) is 3.62. The van der Waals surface area contributed by atoms with E-state index in [1.165, 1.54) is 0 Å². The average Bonchev–Trinajstić information content (AvgIpc) is 3.21. The van der Waals surface area contributed by atoms with Gasteiger partial charge in [0.1, 0.15) is 12.1 Å². The fraction of sp³-hybridized carbons (Fsp3) is 0.474. The quantitative estimate of drug-likeness (QED) is 0.645. The second kappa shape index (κ2) is 7.77. The Morgan fingerprint density at radius 2 is 1.93 bits per heavy atom. The highest BCUT2D eigenvalue weighted by Crippen LogP contribution is 2.34. The predicted octanol–water partition coefficient (Wildman–Crippen LogP) is 0.917. The molecule has 144 valence electrons. The number of imide groups is 1. The third-order valence-electron chi connectivity index (χ3n) is 5.02. The van der Waals surface area contributed by atoms with Gasteiger partial charge in [-0.25, -0.2) is 4.79 Å². The highest BCUT2D eigenvalue weighted by molar-refractivity contribution is 6.09. The van der Waals surface area contributed by atoms with Crippen molar-refractivity contribution in [2.45, 2.75) is 44.7 Å². The lowest BCUT2D eigenvalue weighted by Crippen LogP contribution is -2.45. The van der Waals surface area contributed by atoms with E-state index in [4.69, 9.17) is 0 Å². The van der Waals surface area contributed by atoms with Crippen molar-refractivity contribution < 1.29 is 19.2 Å².